The van der Waals surface area contributed by atoms with Gasteiger partial charge in [-0.1, -0.05) is 18.2 Å². The Morgan fingerprint density at radius 2 is 2.15 bits per heavy atom. The summed E-state index contributed by atoms with van der Waals surface area (Å²) in [5.74, 6) is -0.00435. The summed E-state index contributed by atoms with van der Waals surface area (Å²) in [5.41, 5.74) is 1.03. The van der Waals surface area contributed by atoms with Crippen LogP contribution in [0, 0.1) is 6.92 Å². The van der Waals surface area contributed by atoms with Crippen molar-refractivity contribution in [2.45, 2.75) is 13.5 Å². The van der Waals surface area contributed by atoms with Gasteiger partial charge in [0.25, 0.3) is 0 Å². The Morgan fingerprint density at radius 1 is 1.35 bits per heavy atom. The van der Waals surface area contributed by atoms with E-state index < -0.39 is 5.69 Å². The summed E-state index contributed by atoms with van der Waals surface area (Å²) >= 11 is 0. The van der Waals surface area contributed by atoms with Crippen LogP contribution in [0.1, 0.15) is 16.1 Å². The standard InChI is InChI=1S/C15H12N2O3/c1-10-7-16-15(19)17(8-10)9-12(18)14-6-11-4-2-3-5-13(11)20-14/h2-8H,9H2,1H3. The van der Waals surface area contributed by atoms with Gasteiger partial charge in [0.15, 0.2) is 5.76 Å². The molecule has 0 N–H and O–H groups in total. The number of carbonyl (C=O) groups excluding carboxylic acids is 1. The smallest absolute Gasteiger partial charge is 0.347 e. The number of aromatic nitrogens is 2. The van der Waals surface area contributed by atoms with Gasteiger partial charge in [0.05, 0.1) is 6.54 Å². The minimum Gasteiger partial charge on any atom is -0.453 e. The molecule has 0 amide bonds. The number of ketones is 1. The molecule has 0 fully saturated rings. The normalized spacial score (nSPS) is 10.8. The summed E-state index contributed by atoms with van der Waals surface area (Å²) in [4.78, 5) is 27.4. The van der Waals surface area contributed by atoms with E-state index in [2.05, 4.69) is 4.98 Å². The minimum absolute atomic E-state index is 0.0761. The lowest BCUT2D eigenvalue weighted by molar-refractivity contribution is 0.0945. The molecule has 0 saturated heterocycles. The van der Waals surface area contributed by atoms with E-state index in [1.54, 1.807) is 18.3 Å². The molecule has 0 radical (unpaired) electrons. The fourth-order valence-electron chi connectivity index (χ4n) is 2.03. The van der Waals surface area contributed by atoms with Crippen molar-refractivity contribution in [1.82, 2.24) is 9.55 Å². The second-order valence-electron chi connectivity index (χ2n) is 4.61. The molecular formula is C15H12N2O3. The molecule has 0 aliphatic carbocycles. The van der Waals surface area contributed by atoms with Crippen LogP contribution in [0.3, 0.4) is 0 Å². The highest BCUT2D eigenvalue weighted by molar-refractivity contribution is 5.97. The van der Waals surface area contributed by atoms with Crippen LogP contribution in [0.4, 0.5) is 0 Å². The number of furan rings is 1. The highest BCUT2D eigenvalue weighted by Crippen LogP contribution is 2.19. The fourth-order valence-corrected chi connectivity index (χ4v) is 2.03. The Bertz CT molecular complexity index is 812. The molecule has 3 rings (SSSR count). The Hall–Kier alpha value is -2.69. The van der Waals surface area contributed by atoms with Gasteiger partial charge >= 0.3 is 5.69 Å². The molecule has 0 bridgehead atoms. The van der Waals surface area contributed by atoms with Crippen molar-refractivity contribution < 1.29 is 9.21 Å². The molecule has 2 heterocycles. The lowest BCUT2D eigenvalue weighted by Crippen LogP contribution is -2.25. The molecule has 0 saturated carbocycles. The molecule has 1 aromatic carbocycles. The van der Waals surface area contributed by atoms with E-state index in [0.717, 1.165) is 10.9 Å². The van der Waals surface area contributed by atoms with Gasteiger partial charge in [-0.3, -0.25) is 9.36 Å². The monoisotopic (exact) mass is 268 g/mol. The maximum absolute atomic E-state index is 12.2. The maximum Gasteiger partial charge on any atom is 0.347 e. The number of rotatable bonds is 3. The Balaban J connectivity index is 1.92. The number of hydrogen-bond donors (Lipinski definition) is 0. The third-order valence-electron chi connectivity index (χ3n) is 3.00. The van der Waals surface area contributed by atoms with E-state index in [4.69, 9.17) is 4.42 Å². The van der Waals surface area contributed by atoms with Crippen molar-refractivity contribution in [1.29, 1.82) is 0 Å². The maximum atomic E-state index is 12.2. The van der Waals surface area contributed by atoms with Crippen LogP contribution >= 0.6 is 0 Å². The van der Waals surface area contributed by atoms with Crippen LogP contribution in [0.25, 0.3) is 11.0 Å². The molecule has 0 aliphatic rings. The number of para-hydroxylation sites is 1. The van der Waals surface area contributed by atoms with E-state index in [1.165, 1.54) is 10.8 Å². The largest absolute Gasteiger partial charge is 0.453 e. The molecule has 0 aliphatic heterocycles. The third kappa shape index (κ3) is 2.25. The van der Waals surface area contributed by atoms with Gasteiger partial charge in [-0.15, -0.1) is 0 Å². The minimum atomic E-state index is -0.444. The molecule has 0 atom stereocenters. The zero-order valence-corrected chi connectivity index (χ0v) is 10.9. The van der Waals surface area contributed by atoms with Crippen LogP contribution in [0.2, 0.25) is 0 Å². The average molecular weight is 268 g/mol. The fraction of sp³-hybridized carbons (Fsp3) is 0.133. The topological polar surface area (TPSA) is 65.1 Å². The highest BCUT2D eigenvalue weighted by Gasteiger charge is 2.13. The predicted molar refractivity (Wildman–Crippen MR) is 73.8 cm³/mol. The van der Waals surface area contributed by atoms with Gasteiger partial charge in [0.1, 0.15) is 5.58 Å². The van der Waals surface area contributed by atoms with Crippen molar-refractivity contribution in [3.63, 3.8) is 0 Å². The lowest BCUT2D eigenvalue weighted by atomic mass is 10.2. The van der Waals surface area contributed by atoms with Crippen molar-refractivity contribution in [2.75, 3.05) is 0 Å². The van der Waals surface area contributed by atoms with Gasteiger partial charge in [-0.05, 0) is 24.6 Å². The lowest BCUT2D eigenvalue weighted by Gasteiger charge is -2.03. The Morgan fingerprint density at radius 3 is 2.95 bits per heavy atom. The average Bonchev–Trinajstić information content (AvgIpc) is 2.87. The van der Waals surface area contributed by atoms with Crippen molar-refractivity contribution in [3.8, 4) is 0 Å². The number of aryl methyl sites for hydroxylation is 1. The van der Waals surface area contributed by atoms with Gasteiger partial charge in [-0.2, -0.15) is 0 Å². The second-order valence-corrected chi connectivity index (χ2v) is 4.61. The van der Waals surface area contributed by atoms with Crippen molar-refractivity contribution in [3.05, 3.63) is 64.5 Å². The van der Waals surface area contributed by atoms with E-state index in [0.29, 0.717) is 5.58 Å². The summed E-state index contributed by atoms with van der Waals surface area (Å²) in [6.07, 6.45) is 3.08. The molecule has 0 spiro atoms. The first-order chi connectivity index (χ1) is 9.63. The van der Waals surface area contributed by atoms with Crippen molar-refractivity contribution >= 4 is 16.8 Å². The van der Waals surface area contributed by atoms with Crippen LogP contribution in [0.15, 0.2) is 51.9 Å². The Kier molecular flexibility index (Phi) is 2.95. The molecule has 20 heavy (non-hydrogen) atoms. The quantitative estimate of drug-likeness (QED) is 0.683. The predicted octanol–water partition coefficient (Wildman–Crippen LogP) is 2.18. The number of hydrogen-bond acceptors (Lipinski definition) is 4. The van der Waals surface area contributed by atoms with Crippen LogP contribution in [0.5, 0.6) is 0 Å². The van der Waals surface area contributed by atoms with Crippen LogP contribution in [-0.4, -0.2) is 15.3 Å². The number of Topliss-reactive ketones (excluding diaryl/α,β-unsaturated/α-hetero) is 1. The summed E-state index contributed by atoms with van der Waals surface area (Å²) in [7, 11) is 0. The summed E-state index contributed by atoms with van der Waals surface area (Å²) in [6.45, 7) is 1.74. The zero-order valence-electron chi connectivity index (χ0n) is 10.9. The molecule has 0 unspecified atom stereocenters. The first-order valence-corrected chi connectivity index (χ1v) is 6.18. The summed E-state index contributed by atoms with van der Waals surface area (Å²) < 4.78 is 6.77. The van der Waals surface area contributed by atoms with Gasteiger partial charge < -0.3 is 4.42 Å². The zero-order chi connectivity index (χ0) is 14.1. The first-order valence-electron chi connectivity index (χ1n) is 6.18. The SMILES string of the molecule is Cc1cnc(=O)n(CC(=O)c2cc3ccccc3o2)c1. The summed E-state index contributed by atoms with van der Waals surface area (Å²) in [6, 6.07) is 9.07. The highest BCUT2D eigenvalue weighted by atomic mass is 16.3. The first kappa shape index (κ1) is 12.3. The molecule has 100 valence electrons. The number of benzene rings is 1. The molecular weight excluding hydrogens is 256 g/mol. The summed E-state index contributed by atoms with van der Waals surface area (Å²) in [5, 5.41) is 0.866. The molecule has 5 nitrogen and oxygen atoms in total. The van der Waals surface area contributed by atoms with Crippen LogP contribution in [-0.2, 0) is 6.54 Å². The van der Waals surface area contributed by atoms with Crippen LogP contribution < -0.4 is 5.69 Å². The van der Waals surface area contributed by atoms with Gasteiger partial charge in [-0.25, -0.2) is 9.78 Å². The number of carbonyl (C=O) groups is 1. The second kappa shape index (κ2) is 4.77. The number of nitrogens with zero attached hydrogens (tertiary/aromatic N) is 2. The van der Waals surface area contributed by atoms with E-state index in [1.807, 2.05) is 25.1 Å². The van der Waals surface area contributed by atoms with Gasteiger partial charge in [0.2, 0.25) is 5.78 Å². The molecule has 3 aromatic rings. The third-order valence-corrected chi connectivity index (χ3v) is 3.00. The number of fused-ring (bicyclic) bond motifs is 1. The molecule has 2 aromatic heterocycles. The van der Waals surface area contributed by atoms with Gasteiger partial charge in [0, 0.05) is 17.8 Å². The van der Waals surface area contributed by atoms with Crippen molar-refractivity contribution in [2.24, 2.45) is 0 Å². The Labute approximate surface area is 114 Å². The van der Waals surface area contributed by atoms with E-state index in [-0.39, 0.29) is 18.1 Å². The van der Waals surface area contributed by atoms with E-state index in [9.17, 15) is 9.59 Å². The van der Waals surface area contributed by atoms with E-state index >= 15 is 0 Å². The molecule has 5 heteroatoms.